The Balaban J connectivity index is 1.45. The largest absolute Gasteiger partial charge is 0.478 e. The third kappa shape index (κ3) is 3.76. The number of aromatic carboxylic acids is 1. The van der Waals surface area contributed by atoms with Crippen LogP contribution in [0.25, 0.3) is 5.57 Å². The standard InChI is InChI=1S/C31H36N2O3/c1-29(2)23(21-10-12-22(13-11-21)27(34)35)14-18-30(3)20-33(19-15-26(29)30)28(36)31(16-6-7-17-31)24-8-4-5-9-25(24)32/h4-5,8-15H,6-7,16-20,32H2,1-3H3,(H,34,35)/t30-/m1/s1. The van der Waals surface area contributed by atoms with Crippen molar-refractivity contribution in [1.29, 1.82) is 0 Å². The fourth-order valence-electron chi connectivity index (χ4n) is 7.17. The number of allylic oxidation sites excluding steroid dienone is 2. The second-order valence-electron chi connectivity index (χ2n) is 11.6. The second kappa shape index (κ2) is 8.65. The van der Waals surface area contributed by atoms with Crippen molar-refractivity contribution in [2.24, 2.45) is 10.8 Å². The number of para-hydroxylation sites is 1. The lowest BCUT2D eigenvalue weighted by Crippen LogP contribution is -2.53. The summed E-state index contributed by atoms with van der Waals surface area (Å²) >= 11 is 0. The molecule has 1 atom stereocenters. The number of hydrogen-bond donors (Lipinski definition) is 2. The Hall–Kier alpha value is -3.34. The smallest absolute Gasteiger partial charge is 0.335 e. The molecule has 3 N–H and O–H groups in total. The summed E-state index contributed by atoms with van der Waals surface area (Å²) in [4.78, 5) is 27.6. The van der Waals surface area contributed by atoms with Crippen molar-refractivity contribution >= 4 is 23.1 Å². The van der Waals surface area contributed by atoms with E-state index in [0.717, 1.165) is 43.2 Å². The third-order valence-corrected chi connectivity index (χ3v) is 8.88. The Morgan fingerprint density at radius 3 is 2.25 bits per heavy atom. The summed E-state index contributed by atoms with van der Waals surface area (Å²) in [6.45, 7) is 8.06. The minimum atomic E-state index is -0.914. The molecule has 1 aliphatic heterocycles. The van der Waals surface area contributed by atoms with Gasteiger partial charge in [0.1, 0.15) is 0 Å². The van der Waals surface area contributed by atoms with Crippen molar-refractivity contribution < 1.29 is 14.7 Å². The molecule has 5 rings (SSSR count). The van der Waals surface area contributed by atoms with Crippen LogP contribution in [0.4, 0.5) is 5.69 Å². The highest BCUT2D eigenvalue weighted by Gasteiger charge is 2.50. The van der Waals surface area contributed by atoms with E-state index >= 15 is 0 Å². The molecule has 3 aliphatic rings. The van der Waals surface area contributed by atoms with Crippen LogP contribution in [0, 0.1) is 10.8 Å². The van der Waals surface area contributed by atoms with E-state index in [1.54, 1.807) is 12.1 Å². The van der Waals surface area contributed by atoms with Crippen molar-refractivity contribution in [2.45, 2.75) is 58.3 Å². The number of nitrogens with zero attached hydrogens (tertiary/aromatic N) is 1. The van der Waals surface area contributed by atoms with Gasteiger partial charge >= 0.3 is 5.97 Å². The molecular formula is C31H36N2O3. The van der Waals surface area contributed by atoms with E-state index in [1.165, 1.54) is 11.1 Å². The molecule has 2 aliphatic carbocycles. The number of amides is 1. The van der Waals surface area contributed by atoms with E-state index in [0.29, 0.717) is 24.3 Å². The Labute approximate surface area is 213 Å². The first-order chi connectivity index (χ1) is 17.1. The van der Waals surface area contributed by atoms with Crippen LogP contribution in [0.1, 0.15) is 74.4 Å². The topological polar surface area (TPSA) is 83.6 Å². The molecule has 1 heterocycles. The summed E-state index contributed by atoms with van der Waals surface area (Å²) in [6, 6.07) is 15.1. The highest BCUT2D eigenvalue weighted by Crippen LogP contribution is 2.56. The first-order valence-electron chi connectivity index (χ1n) is 13.0. The van der Waals surface area contributed by atoms with Crippen LogP contribution < -0.4 is 5.73 Å². The van der Waals surface area contributed by atoms with E-state index in [-0.39, 0.29) is 16.7 Å². The summed E-state index contributed by atoms with van der Waals surface area (Å²) in [6.07, 6.45) is 9.21. The molecule has 0 radical (unpaired) electrons. The number of carbonyl (C=O) groups is 2. The lowest BCUT2D eigenvalue weighted by Gasteiger charge is -2.51. The molecule has 1 saturated carbocycles. The second-order valence-corrected chi connectivity index (χ2v) is 11.6. The molecule has 0 saturated heterocycles. The lowest BCUT2D eigenvalue weighted by molar-refractivity contribution is -0.138. The Morgan fingerprint density at radius 2 is 1.61 bits per heavy atom. The Bertz CT molecular complexity index is 1260. The average Bonchev–Trinajstić information content (AvgIpc) is 3.34. The average molecular weight is 485 g/mol. The van der Waals surface area contributed by atoms with Gasteiger partial charge in [-0.1, -0.05) is 81.7 Å². The van der Waals surface area contributed by atoms with Crippen molar-refractivity contribution in [3.63, 3.8) is 0 Å². The van der Waals surface area contributed by atoms with Gasteiger partial charge in [0, 0.05) is 29.6 Å². The van der Waals surface area contributed by atoms with Gasteiger partial charge in [-0.15, -0.1) is 0 Å². The zero-order valence-electron chi connectivity index (χ0n) is 21.5. The van der Waals surface area contributed by atoms with Crippen LogP contribution >= 0.6 is 0 Å². The third-order valence-electron chi connectivity index (χ3n) is 8.88. The molecule has 188 valence electrons. The summed E-state index contributed by atoms with van der Waals surface area (Å²) < 4.78 is 0. The first kappa shape index (κ1) is 24.4. The fourth-order valence-corrected chi connectivity index (χ4v) is 7.17. The van der Waals surface area contributed by atoms with Crippen LogP contribution in [0.5, 0.6) is 0 Å². The number of benzene rings is 2. The molecule has 0 unspecified atom stereocenters. The number of hydrogen-bond acceptors (Lipinski definition) is 3. The minimum absolute atomic E-state index is 0.149. The van der Waals surface area contributed by atoms with Crippen molar-refractivity contribution in [3.8, 4) is 0 Å². The number of anilines is 1. The van der Waals surface area contributed by atoms with Crippen molar-refractivity contribution in [3.05, 3.63) is 82.9 Å². The van der Waals surface area contributed by atoms with Gasteiger partial charge in [-0.25, -0.2) is 4.79 Å². The van der Waals surface area contributed by atoms with Gasteiger partial charge < -0.3 is 15.7 Å². The van der Waals surface area contributed by atoms with Crippen LogP contribution in [0.15, 0.2) is 66.3 Å². The molecule has 0 spiro atoms. The molecule has 0 aromatic heterocycles. The molecule has 2 aromatic carbocycles. The highest BCUT2D eigenvalue weighted by atomic mass is 16.4. The molecule has 2 aromatic rings. The fraction of sp³-hybridized carbons (Fsp3) is 0.419. The quantitative estimate of drug-likeness (QED) is 0.408. The van der Waals surface area contributed by atoms with Gasteiger partial charge in [-0.05, 0) is 54.2 Å². The molecule has 36 heavy (non-hydrogen) atoms. The maximum Gasteiger partial charge on any atom is 0.335 e. The minimum Gasteiger partial charge on any atom is -0.478 e. The van der Waals surface area contributed by atoms with Crippen molar-refractivity contribution in [2.75, 3.05) is 18.8 Å². The SMILES string of the molecule is CC1(C)C(c2ccc(C(=O)O)cc2)=CC[C@]2(C)CN(C(=O)C3(c4ccccc4N)CCCC3)CC=C12. The van der Waals surface area contributed by atoms with E-state index in [2.05, 4.69) is 37.8 Å². The molecule has 1 amide bonds. The number of nitrogens with two attached hydrogens (primary N) is 1. The molecule has 5 nitrogen and oxygen atoms in total. The number of carbonyl (C=O) groups excluding carboxylic acids is 1. The zero-order valence-corrected chi connectivity index (χ0v) is 21.5. The summed E-state index contributed by atoms with van der Waals surface area (Å²) in [5.74, 6) is -0.700. The van der Waals surface area contributed by atoms with Gasteiger partial charge in [-0.2, -0.15) is 0 Å². The molecule has 1 fully saturated rings. The Morgan fingerprint density at radius 1 is 0.944 bits per heavy atom. The highest BCUT2D eigenvalue weighted by molar-refractivity contribution is 5.91. The summed E-state index contributed by atoms with van der Waals surface area (Å²) in [5.41, 5.74) is 11.1. The summed E-state index contributed by atoms with van der Waals surface area (Å²) in [5, 5.41) is 9.27. The van der Waals surface area contributed by atoms with Crippen LogP contribution in [-0.4, -0.2) is 35.0 Å². The van der Waals surface area contributed by atoms with E-state index in [4.69, 9.17) is 5.73 Å². The van der Waals surface area contributed by atoms with E-state index < -0.39 is 11.4 Å². The normalized spacial score (nSPS) is 24.5. The van der Waals surface area contributed by atoms with Gasteiger partial charge in [-0.3, -0.25) is 4.79 Å². The maximum absolute atomic E-state index is 14.2. The number of nitrogen functional groups attached to an aromatic ring is 1. The number of fused-ring (bicyclic) bond motifs is 1. The van der Waals surface area contributed by atoms with Crippen molar-refractivity contribution in [1.82, 2.24) is 4.90 Å². The van der Waals surface area contributed by atoms with Crippen LogP contribution in [0.3, 0.4) is 0 Å². The van der Waals surface area contributed by atoms with Gasteiger partial charge in [0.2, 0.25) is 5.91 Å². The predicted octanol–water partition coefficient (Wildman–Crippen LogP) is 6.07. The maximum atomic E-state index is 14.2. The predicted molar refractivity (Wildman–Crippen MR) is 144 cm³/mol. The molecular weight excluding hydrogens is 448 g/mol. The number of carboxylic acids is 1. The van der Waals surface area contributed by atoms with Gasteiger partial charge in [0.05, 0.1) is 11.0 Å². The van der Waals surface area contributed by atoms with Crippen LogP contribution in [-0.2, 0) is 10.2 Å². The molecule has 5 heteroatoms. The molecule has 0 bridgehead atoms. The van der Waals surface area contributed by atoms with E-state index in [1.807, 2.05) is 36.4 Å². The summed E-state index contributed by atoms with van der Waals surface area (Å²) in [7, 11) is 0. The zero-order chi connectivity index (χ0) is 25.7. The first-order valence-corrected chi connectivity index (χ1v) is 13.0. The van der Waals surface area contributed by atoms with E-state index in [9.17, 15) is 14.7 Å². The van der Waals surface area contributed by atoms with Gasteiger partial charge in [0.25, 0.3) is 0 Å². The number of carboxylic acid groups (broad SMARTS) is 1. The number of rotatable bonds is 4. The Kier molecular flexibility index (Phi) is 5.85. The van der Waals surface area contributed by atoms with Crippen LogP contribution in [0.2, 0.25) is 0 Å². The lowest BCUT2D eigenvalue weighted by atomic mass is 9.58. The van der Waals surface area contributed by atoms with Gasteiger partial charge in [0.15, 0.2) is 0 Å². The monoisotopic (exact) mass is 484 g/mol.